The van der Waals surface area contributed by atoms with Gasteiger partial charge in [0.05, 0.1) is 11.6 Å². The van der Waals surface area contributed by atoms with Gasteiger partial charge in [-0.25, -0.2) is 9.97 Å². The first-order valence-electron chi connectivity index (χ1n) is 6.13. The van der Waals surface area contributed by atoms with Crippen molar-refractivity contribution in [3.63, 3.8) is 0 Å². The number of hydrogen-bond donors (Lipinski definition) is 0. The molecule has 17 heavy (non-hydrogen) atoms. The van der Waals surface area contributed by atoms with Gasteiger partial charge in [-0.05, 0) is 18.8 Å². The van der Waals surface area contributed by atoms with Crippen LogP contribution in [0.4, 0.5) is 5.82 Å². The van der Waals surface area contributed by atoms with Crippen LogP contribution in [-0.2, 0) is 7.05 Å². The Morgan fingerprint density at radius 3 is 3.06 bits per heavy atom. The number of aromatic nitrogens is 4. The molecule has 1 unspecified atom stereocenters. The first-order chi connectivity index (χ1) is 8.25. The molecule has 0 radical (unpaired) electrons. The van der Waals surface area contributed by atoms with Gasteiger partial charge in [-0.15, -0.1) is 0 Å². The minimum atomic E-state index is 0.741. The Bertz CT molecular complexity index is 533. The SMILES string of the molecule is CC1CCCN(c2ncnc3c2cnn3C)C1. The predicted molar refractivity (Wildman–Crippen MR) is 66.9 cm³/mol. The van der Waals surface area contributed by atoms with Crippen LogP contribution in [0.25, 0.3) is 11.0 Å². The van der Waals surface area contributed by atoms with E-state index in [4.69, 9.17) is 0 Å². The summed E-state index contributed by atoms with van der Waals surface area (Å²) in [4.78, 5) is 11.1. The highest BCUT2D eigenvalue weighted by atomic mass is 15.3. The lowest BCUT2D eigenvalue weighted by Gasteiger charge is -2.31. The Kier molecular flexibility index (Phi) is 2.46. The molecule has 0 aliphatic carbocycles. The zero-order valence-corrected chi connectivity index (χ0v) is 10.3. The first-order valence-corrected chi connectivity index (χ1v) is 6.13. The van der Waals surface area contributed by atoms with E-state index in [1.54, 1.807) is 11.0 Å². The maximum absolute atomic E-state index is 4.44. The van der Waals surface area contributed by atoms with Crippen molar-refractivity contribution in [3.8, 4) is 0 Å². The second kappa shape index (κ2) is 3.98. The number of nitrogens with zero attached hydrogens (tertiary/aromatic N) is 5. The number of rotatable bonds is 1. The monoisotopic (exact) mass is 231 g/mol. The normalized spacial score (nSPS) is 21.1. The molecule has 0 amide bonds. The van der Waals surface area contributed by atoms with Gasteiger partial charge >= 0.3 is 0 Å². The van der Waals surface area contributed by atoms with E-state index in [1.165, 1.54) is 12.8 Å². The average Bonchev–Trinajstić information content (AvgIpc) is 2.71. The predicted octanol–water partition coefficient (Wildman–Crippen LogP) is 1.60. The molecule has 0 spiro atoms. The summed E-state index contributed by atoms with van der Waals surface area (Å²) in [6.45, 7) is 4.47. The highest BCUT2D eigenvalue weighted by Crippen LogP contribution is 2.26. The van der Waals surface area contributed by atoms with Crippen LogP contribution >= 0.6 is 0 Å². The van der Waals surface area contributed by atoms with Crippen molar-refractivity contribution in [2.75, 3.05) is 18.0 Å². The second-order valence-corrected chi connectivity index (χ2v) is 4.90. The second-order valence-electron chi connectivity index (χ2n) is 4.90. The van der Waals surface area contributed by atoms with Crippen molar-refractivity contribution in [1.29, 1.82) is 0 Å². The van der Waals surface area contributed by atoms with Crippen LogP contribution < -0.4 is 4.90 Å². The van der Waals surface area contributed by atoms with Crippen molar-refractivity contribution >= 4 is 16.9 Å². The summed E-state index contributed by atoms with van der Waals surface area (Å²) in [6.07, 6.45) is 6.06. The molecular formula is C12H17N5. The molecule has 90 valence electrons. The molecule has 5 nitrogen and oxygen atoms in total. The molecule has 1 atom stereocenters. The van der Waals surface area contributed by atoms with Gasteiger partial charge in [0.25, 0.3) is 0 Å². The van der Waals surface area contributed by atoms with Gasteiger partial charge in [0.1, 0.15) is 12.1 Å². The summed E-state index contributed by atoms with van der Waals surface area (Å²) in [7, 11) is 1.91. The Hall–Kier alpha value is -1.65. The minimum absolute atomic E-state index is 0.741. The van der Waals surface area contributed by atoms with E-state index in [2.05, 4.69) is 26.9 Å². The molecule has 0 aromatic carbocycles. The van der Waals surface area contributed by atoms with Gasteiger partial charge in [-0.1, -0.05) is 6.92 Å². The molecule has 2 aromatic rings. The van der Waals surface area contributed by atoms with Crippen molar-refractivity contribution in [2.24, 2.45) is 13.0 Å². The third-order valence-electron chi connectivity index (χ3n) is 3.46. The lowest BCUT2D eigenvalue weighted by Crippen LogP contribution is -2.34. The number of anilines is 1. The molecule has 3 heterocycles. The smallest absolute Gasteiger partial charge is 0.163 e. The molecule has 0 N–H and O–H groups in total. The third-order valence-corrected chi connectivity index (χ3v) is 3.46. The molecule has 1 aliphatic rings. The van der Waals surface area contributed by atoms with Crippen molar-refractivity contribution in [1.82, 2.24) is 19.7 Å². The Labute approximate surface area is 100 Å². The summed E-state index contributed by atoms with van der Waals surface area (Å²) in [5.74, 6) is 1.78. The van der Waals surface area contributed by atoms with Crippen LogP contribution in [0.3, 0.4) is 0 Å². The van der Waals surface area contributed by atoms with Gasteiger partial charge in [0.15, 0.2) is 5.65 Å². The zero-order chi connectivity index (χ0) is 11.8. The summed E-state index contributed by atoms with van der Waals surface area (Å²) < 4.78 is 1.80. The van der Waals surface area contributed by atoms with Crippen LogP contribution in [0, 0.1) is 5.92 Å². The number of hydrogen-bond acceptors (Lipinski definition) is 4. The maximum atomic E-state index is 4.44. The molecule has 0 bridgehead atoms. The van der Waals surface area contributed by atoms with Gasteiger partial charge in [0.2, 0.25) is 0 Å². The number of piperidine rings is 1. The van der Waals surface area contributed by atoms with Crippen molar-refractivity contribution < 1.29 is 0 Å². The van der Waals surface area contributed by atoms with Crippen LogP contribution in [0.5, 0.6) is 0 Å². The largest absolute Gasteiger partial charge is 0.356 e. The number of aryl methyl sites for hydroxylation is 1. The molecule has 1 aliphatic heterocycles. The molecule has 3 rings (SSSR count). The fraction of sp³-hybridized carbons (Fsp3) is 0.583. The topological polar surface area (TPSA) is 46.8 Å². The minimum Gasteiger partial charge on any atom is -0.356 e. The highest BCUT2D eigenvalue weighted by molar-refractivity contribution is 5.86. The van der Waals surface area contributed by atoms with Crippen LogP contribution in [0.1, 0.15) is 19.8 Å². The Balaban J connectivity index is 2.04. The molecule has 2 aromatic heterocycles. The van der Waals surface area contributed by atoms with Gasteiger partial charge in [-0.2, -0.15) is 5.10 Å². The zero-order valence-electron chi connectivity index (χ0n) is 10.3. The van der Waals surface area contributed by atoms with E-state index in [1.807, 2.05) is 13.2 Å². The van der Waals surface area contributed by atoms with Crippen molar-refractivity contribution in [2.45, 2.75) is 19.8 Å². The van der Waals surface area contributed by atoms with Gasteiger partial charge < -0.3 is 4.90 Å². The van der Waals surface area contributed by atoms with E-state index in [0.29, 0.717) is 0 Å². The fourth-order valence-electron chi connectivity index (χ4n) is 2.58. The highest BCUT2D eigenvalue weighted by Gasteiger charge is 2.20. The van der Waals surface area contributed by atoms with Gasteiger partial charge in [0, 0.05) is 20.1 Å². The summed E-state index contributed by atoms with van der Waals surface area (Å²) >= 11 is 0. The van der Waals surface area contributed by atoms with Gasteiger partial charge in [-0.3, -0.25) is 4.68 Å². The summed E-state index contributed by atoms with van der Waals surface area (Å²) in [5.41, 5.74) is 0.910. The number of fused-ring (bicyclic) bond motifs is 1. The van der Waals surface area contributed by atoms with E-state index in [0.717, 1.165) is 35.9 Å². The van der Waals surface area contributed by atoms with E-state index in [-0.39, 0.29) is 0 Å². The molecule has 1 saturated heterocycles. The molecule has 5 heteroatoms. The molecule has 1 fully saturated rings. The van der Waals surface area contributed by atoms with Crippen LogP contribution in [0.15, 0.2) is 12.5 Å². The lowest BCUT2D eigenvalue weighted by molar-refractivity contribution is 0.445. The van der Waals surface area contributed by atoms with E-state index < -0.39 is 0 Å². The van der Waals surface area contributed by atoms with Crippen LogP contribution in [0.2, 0.25) is 0 Å². The average molecular weight is 231 g/mol. The van der Waals surface area contributed by atoms with E-state index >= 15 is 0 Å². The summed E-state index contributed by atoms with van der Waals surface area (Å²) in [6, 6.07) is 0. The summed E-state index contributed by atoms with van der Waals surface area (Å²) in [5, 5.41) is 5.32. The first kappa shape index (κ1) is 10.5. The van der Waals surface area contributed by atoms with Crippen LogP contribution in [-0.4, -0.2) is 32.8 Å². The molecular weight excluding hydrogens is 214 g/mol. The maximum Gasteiger partial charge on any atom is 0.163 e. The fourth-order valence-corrected chi connectivity index (χ4v) is 2.58. The van der Waals surface area contributed by atoms with Crippen molar-refractivity contribution in [3.05, 3.63) is 12.5 Å². The Morgan fingerprint density at radius 2 is 2.24 bits per heavy atom. The Morgan fingerprint density at radius 1 is 1.35 bits per heavy atom. The lowest BCUT2D eigenvalue weighted by atomic mass is 10.0. The van der Waals surface area contributed by atoms with E-state index in [9.17, 15) is 0 Å². The molecule has 0 saturated carbocycles. The quantitative estimate of drug-likeness (QED) is 0.748. The standard InChI is InChI=1S/C12H17N5/c1-9-4-3-5-17(7-9)12-10-6-15-16(2)11(10)13-8-14-12/h6,8-9H,3-5,7H2,1-2H3. The third kappa shape index (κ3) is 1.75.